The summed E-state index contributed by atoms with van der Waals surface area (Å²) in [7, 11) is 0. The number of carbonyl (C=O) groups excluding carboxylic acids is 1. The molecule has 2 rings (SSSR count). The smallest absolute Gasteiger partial charge is 0.251 e. The number of aromatic nitrogens is 1. The van der Waals surface area contributed by atoms with E-state index in [2.05, 4.69) is 15.7 Å². The van der Waals surface area contributed by atoms with Gasteiger partial charge in [-0.15, -0.1) is 0 Å². The molecule has 1 aromatic rings. The Bertz CT molecular complexity index is 458. The second kappa shape index (κ2) is 5.99. The number of nitrogens with one attached hydrogen (secondary N) is 2. The van der Waals surface area contributed by atoms with Gasteiger partial charge < -0.3 is 15.5 Å². The molecule has 0 radical (unpaired) electrons. The van der Waals surface area contributed by atoms with Gasteiger partial charge in [-0.1, -0.05) is 0 Å². The highest BCUT2D eigenvalue weighted by molar-refractivity contribution is 5.95. The lowest BCUT2D eigenvalue weighted by atomic mass is 10.1. The zero-order valence-corrected chi connectivity index (χ0v) is 11.3. The second-order valence-electron chi connectivity index (χ2n) is 4.84. The first-order chi connectivity index (χ1) is 9.10. The molecular formula is C13H20N4O2. The highest BCUT2D eigenvalue weighted by atomic mass is 16.5. The average molecular weight is 264 g/mol. The monoisotopic (exact) mass is 264 g/mol. The van der Waals surface area contributed by atoms with Crippen molar-refractivity contribution in [1.29, 1.82) is 0 Å². The van der Waals surface area contributed by atoms with Gasteiger partial charge in [0, 0.05) is 17.9 Å². The van der Waals surface area contributed by atoms with E-state index in [-0.39, 0.29) is 18.1 Å². The van der Waals surface area contributed by atoms with Crippen molar-refractivity contribution in [2.75, 3.05) is 12.0 Å². The maximum absolute atomic E-state index is 12.2. The number of amides is 1. The SMILES string of the molecule is Cc1cc(C(=O)NC(C)C2CCCO2)cc(NN)n1. The molecule has 1 aliphatic heterocycles. The molecule has 2 atom stereocenters. The van der Waals surface area contributed by atoms with Crippen LogP contribution in [0.4, 0.5) is 5.82 Å². The molecule has 1 saturated heterocycles. The van der Waals surface area contributed by atoms with Gasteiger partial charge in [0.1, 0.15) is 5.82 Å². The summed E-state index contributed by atoms with van der Waals surface area (Å²) >= 11 is 0. The van der Waals surface area contributed by atoms with Crippen LogP contribution in [0.3, 0.4) is 0 Å². The molecular weight excluding hydrogens is 244 g/mol. The maximum Gasteiger partial charge on any atom is 0.251 e. The van der Waals surface area contributed by atoms with Crippen LogP contribution < -0.4 is 16.6 Å². The Morgan fingerprint density at radius 3 is 3.00 bits per heavy atom. The highest BCUT2D eigenvalue weighted by Gasteiger charge is 2.24. The predicted molar refractivity (Wildman–Crippen MR) is 72.7 cm³/mol. The van der Waals surface area contributed by atoms with E-state index in [1.165, 1.54) is 0 Å². The molecule has 1 fully saturated rings. The molecule has 19 heavy (non-hydrogen) atoms. The molecule has 4 N–H and O–H groups in total. The van der Waals surface area contributed by atoms with E-state index in [4.69, 9.17) is 10.6 Å². The van der Waals surface area contributed by atoms with E-state index in [0.29, 0.717) is 11.4 Å². The number of nitrogens with zero attached hydrogens (tertiary/aromatic N) is 1. The number of hydrogen-bond donors (Lipinski definition) is 3. The molecule has 6 nitrogen and oxygen atoms in total. The number of rotatable bonds is 4. The summed E-state index contributed by atoms with van der Waals surface area (Å²) in [6, 6.07) is 3.36. The minimum absolute atomic E-state index is 0.00208. The largest absolute Gasteiger partial charge is 0.376 e. The molecule has 2 heterocycles. The van der Waals surface area contributed by atoms with Gasteiger partial charge in [0.15, 0.2) is 0 Å². The van der Waals surface area contributed by atoms with Crippen LogP contribution >= 0.6 is 0 Å². The van der Waals surface area contributed by atoms with E-state index in [9.17, 15) is 4.79 Å². The standard InChI is InChI=1S/C13H20N4O2/c1-8-6-10(7-12(15-8)17-14)13(18)16-9(2)11-4-3-5-19-11/h6-7,9,11H,3-5,14H2,1-2H3,(H,15,17)(H,16,18). The first kappa shape index (κ1) is 13.8. The average Bonchev–Trinajstić information content (AvgIpc) is 2.91. The lowest BCUT2D eigenvalue weighted by Gasteiger charge is -2.20. The molecule has 2 unspecified atom stereocenters. The van der Waals surface area contributed by atoms with Crippen molar-refractivity contribution in [3.8, 4) is 0 Å². The second-order valence-corrected chi connectivity index (χ2v) is 4.84. The fourth-order valence-electron chi connectivity index (χ4n) is 2.25. The number of nitrogen functional groups attached to an aromatic ring is 1. The Labute approximate surface area is 112 Å². The van der Waals surface area contributed by atoms with Gasteiger partial charge in [0.05, 0.1) is 12.1 Å². The summed E-state index contributed by atoms with van der Waals surface area (Å²) in [5.41, 5.74) is 3.74. The van der Waals surface area contributed by atoms with Crippen LogP contribution in [0.2, 0.25) is 0 Å². The quantitative estimate of drug-likeness (QED) is 0.557. The third kappa shape index (κ3) is 3.42. The number of aryl methyl sites for hydroxylation is 1. The Hall–Kier alpha value is -1.66. The fraction of sp³-hybridized carbons (Fsp3) is 0.538. The zero-order valence-electron chi connectivity index (χ0n) is 11.3. The first-order valence-corrected chi connectivity index (χ1v) is 6.48. The molecule has 1 aromatic heterocycles. The third-order valence-corrected chi connectivity index (χ3v) is 3.24. The van der Waals surface area contributed by atoms with Gasteiger partial charge in [-0.05, 0) is 38.8 Å². The number of nitrogens with two attached hydrogens (primary N) is 1. The van der Waals surface area contributed by atoms with E-state index in [0.717, 1.165) is 25.1 Å². The molecule has 0 spiro atoms. The molecule has 104 valence electrons. The van der Waals surface area contributed by atoms with E-state index >= 15 is 0 Å². The van der Waals surface area contributed by atoms with Gasteiger partial charge in [-0.3, -0.25) is 4.79 Å². The van der Waals surface area contributed by atoms with Crippen LogP contribution in [0.1, 0.15) is 35.8 Å². The number of carbonyl (C=O) groups is 1. The molecule has 1 amide bonds. The van der Waals surface area contributed by atoms with Crippen LogP contribution in [-0.4, -0.2) is 29.6 Å². The van der Waals surface area contributed by atoms with Crippen LogP contribution in [0, 0.1) is 6.92 Å². The van der Waals surface area contributed by atoms with Gasteiger partial charge in [0.25, 0.3) is 5.91 Å². The third-order valence-electron chi connectivity index (χ3n) is 3.24. The first-order valence-electron chi connectivity index (χ1n) is 6.48. The molecule has 6 heteroatoms. The van der Waals surface area contributed by atoms with Crippen molar-refractivity contribution in [2.45, 2.75) is 38.8 Å². The number of anilines is 1. The summed E-state index contributed by atoms with van der Waals surface area (Å²) < 4.78 is 5.56. The van der Waals surface area contributed by atoms with Gasteiger partial charge in [-0.25, -0.2) is 10.8 Å². The number of hydrazine groups is 1. The molecule has 1 aliphatic rings. The molecule has 0 aromatic carbocycles. The normalized spacial score (nSPS) is 20.1. The Morgan fingerprint density at radius 2 is 2.37 bits per heavy atom. The van der Waals surface area contributed by atoms with Crippen molar-refractivity contribution in [1.82, 2.24) is 10.3 Å². The van der Waals surface area contributed by atoms with E-state index < -0.39 is 0 Å². The summed E-state index contributed by atoms with van der Waals surface area (Å²) in [5, 5.41) is 2.96. The molecule has 0 bridgehead atoms. The minimum Gasteiger partial charge on any atom is -0.376 e. The van der Waals surface area contributed by atoms with E-state index in [1.807, 2.05) is 13.8 Å². The minimum atomic E-state index is -0.134. The van der Waals surface area contributed by atoms with E-state index in [1.54, 1.807) is 12.1 Å². The summed E-state index contributed by atoms with van der Waals surface area (Å²) in [6.07, 6.45) is 2.16. The van der Waals surface area contributed by atoms with Gasteiger partial charge >= 0.3 is 0 Å². The predicted octanol–water partition coefficient (Wildman–Crippen LogP) is 0.973. The molecule has 0 aliphatic carbocycles. The zero-order chi connectivity index (χ0) is 13.8. The van der Waals surface area contributed by atoms with Gasteiger partial charge in [0.2, 0.25) is 0 Å². The van der Waals surface area contributed by atoms with Crippen molar-refractivity contribution in [3.63, 3.8) is 0 Å². The number of hydrogen-bond acceptors (Lipinski definition) is 5. The van der Waals surface area contributed by atoms with Crippen molar-refractivity contribution in [2.24, 2.45) is 5.84 Å². The Kier molecular flexibility index (Phi) is 4.34. The fourth-order valence-corrected chi connectivity index (χ4v) is 2.25. The lowest BCUT2D eigenvalue weighted by molar-refractivity contribution is 0.0712. The summed E-state index contributed by atoms with van der Waals surface area (Å²) in [4.78, 5) is 16.3. The van der Waals surface area contributed by atoms with Crippen LogP contribution in [0.5, 0.6) is 0 Å². The summed E-state index contributed by atoms with van der Waals surface area (Å²) in [6.45, 7) is 4.56. The topological polar surface area (TPSA) is 89.3 Å². The Balaban J connectivity index is 2.04. The number of ether oxygens (including phenoxy) is 1. The summed E-state index contributed by atoms with van der Waals surface area (Å²) in [5.74, 6) is 5.67. The van der Waals surface area contributed by atoms with Gasteiger partial charge in [-0.2, -0.15) is 0 Å². The number of pyridine rings is 1. The highest BCUT2D eigenvalue weighted by Crippen LogP contribution is 2.16. The Morgan fingerprint density at radius 1 is 1.58 bits per heavy atom. The van der Waals surface area contributed by atoms with Crippen molar-refractivity contribution < 1.29 is 9.53 Å². The molecule has 0 saturated carbocycles. The maximum atomic E-state index is 12.2. The van der Waals surface area contributed by atoms with Crippen LogP contribution in [0.25, 0.3) is 0 Å². The van der Waals surface area contributed by atoms with Crippen molar-refractivity contribution in [3.05, 3.63) is 23.4 Å². The van der Waals surface area contributed by atoms with Crippen LogP contribution in [0.15, 0.2) is 12.1 Å². The van der Waals surface area contributed by atoms with Crippen LogP contribution in [-0.2, 0) is 4.74 Å². The van der Waals surface area contributed by atoms with Crippen molar-refractivity contribution >= 4 is 11.7 Å². The lowest BCUT2D eigenvalue weighted by Crippen LogP contribution is -2.40.